The average Bonchev–Trinajstić information content (AvgIpc) is 3.09. The van der Waals surface area contributed by atoms with Crippen LogP contribution in [0.3, 0.4) is 0 Å². The summed E-state index contributed by atoms with van der Waals surface area (Å²) < 4.78 is 15.5. The van der Waals surface area contributed by atoms with Crippen LogP contribution in [-0.4, -0.2) is 28.4 Å². The molecule has 1 aromatic heterocycles. The molecule has 0 bridgehead atoms. The van der Waals surface area contributed by atoms with Gasteiger partial charge in [-0.05, 0) is 50.5 Å². The van der Waals surface area contributed by atoms with Gasteiger partial charge in [-0.1, -0.05) is 12.8 Å². The van der Waals surface area contributed by atoms with Gasteiger partial charge in [0.25, 0.3) is 0 Å². The number of hydrogen-bond donors (Lipinski definition) is 2. The van der Waals surface area contributed by atoms with Gasteiger partial charge >= 0.3 is 0 Å². The predicted molar refractivity (Wildman–Crippen MR) is 87.6 cm³/mol. The summed E-state index contributed by atoms with van der Waals surface area (Å²) in [7, 11) is 0. The number of aliphatic hydroxyl groups is 1. The van der Waals surface area contributed by atoms with Crippen LogP contribution in [0.5, 0.6) is 0 Å². The molecular formula is C18H25FN2O. The van der Waals surface area contributed by atoms with E-state index < -0.39 is 6.10 Å². The number of rotatable bonds is 5. The van der Waals surface area contributed by atoms with Gasteiger partial charge in [0.15, 0.2) is 0 Å². The maximum absolute atomic E-state index is 13.4. The third-order valence-electron chi connectivity index (χ3n) is 4.99. The molecule has 3 nitrogen and oxygen atoms in total. The largest absolute Gasteiger partial charge is 0.390 e. The number of nitrogens with zero attached hydrogens (tertiary/aromatic N) is 1. The van der Waals surface area contributed by atoms with Crippen molar-refractivity contribution in [2.24, 2.45) is 0 Å². The first kappa shape index (κ1) is 15.5. The van der Waals surface area contributed by atoms with Crippen LogP contribution >= 0.6 is 0 Å². The standard InChI is InChI=1S/C18H25FN2O/c1-12-13(2)21(18-8-7-14(19)9-17(12)18)11-16(22)10-20-15-5-3-4-6-15/h7-9,15-16,20,22H,3-6,10-11H2,1-2H3/t16-/m1/s1. The summed E-state index contributed by atoms with van der Waals surface area (Å²) in [5, 5.41) is 14.8. The third kappa shape index (κ3) is 3.03. The van der Waals surface area contributed by atoms with Crippen LogP contribution in [0.4, 0.5) is 4.39 Å². The zero-order valence-electron chi connectivity index (χ0n) is 13.4. The monoisotopic (exact) mass is 304 g/mol. The highest BCUT2D eigenvalue weighted by atomic mass is 19.1. The van der Waals surface area contributed by atoms with Gasteiger partial charge < -0.3 is 15.0 Å². The highest BCUT2D eigenvalue weighted by molar-refractivity contribution is 5.85. The van der Waals surface area contributed by atoms with Crippen LogP contribution in [0, 0.1) is 19.7 Å². The Morgan fingerprint density at radius 3 is 2.77 bits per heavy atom. The lowest BCUT2D eigenvalue weighted by atomic mass is 10.1. The minimum Gasteiger partial charge on any atom is -0.390 e. The van der Waals surface area contributed by atoms with E-state index in [0.717, 1.165) is 22.2 Å². The second-order valence-electron chi connectivity index (χ2n) is 6.53. The fraction of sp³-hybridized carbons (Fsp3) is 0.556. The lowest BCUT2D eigenvalue weighted by Gasteiger charge is -2.18. The zero-order valence-corrected chi connectivity index (χ0v) is 13.4. The molecule has 1 aliphatic carbocycles. The maximum atomic E-state index is 13.4. The molecule has 1 aliphatic rings. The number of fused-ring (bicyclic) bond motifs is 1. The molecule has 0 unspecified atom stereocenters. The quantitative estimate of drug-likeness (QED) is 0.889. The predicted octanol–water partition coefficient (Wildman–Crippen LogP) is 3.29. The van der Waals surface area contributed by atoms with Crippen molar-refractivity contribution in [2.45, 2.75) is 58.2 Å². The van der Waals surface area contributed by atoms with E-state index in [9.17, 15) is 9.50 Å². The summed E-state index contributed by atoms with van der Waals surface area (Å²) in [6, 6.07) is 5.44. The summed E-state index contributed by atoms with van der Waals surface area (Å²) >= 11 is 0. The van der Waals surface area contributed by atoms with E-state index in [-0.39, 0.29) is 5.82 Å². The Labute approximate surface area is 131 Å². The van der Waals surface area contributed by atoms with Crippen molar-refractivity contribution < 1.29 is 9.50 Å². The van der Waals surface area contributed by atoms with Crippen molar-refractivity contribution in [1.29, 1.82) is 0 Å². The fourth-order valence-corrected chi connectivity index (χ4v) is 3.57. The molecule has 1 saturated carbocycles. The molecule has 2 aromatic rings. The van der Waals surface area contributed by atoms with E-state index in [1.807, 2.05) is 19.9 Å². The number of aryl methyl sites for hydroxylation is 1. The normalized spacial score (nSPS) is 17.5. The van der Waals surface area contributed by atoms with Crippen LogP contribution in [-0.2, 0) is 6.54 Å². The van der Waals surface area contributed by atoms with Crippen molar-refractivity contribution in [1.82, 2.24) is 9.88 Å². The molecule has 22 heavy (non-hydrogen) atoms. The van der Waals surface area contributed by atoms with Crippen molar-refractivity contribution in [3.05, 3.63) is 35.3 Å². The Morgan fingerprint density at radius 1 is 1.32 bits per heavy atom. The Balaban J connectivity index is 1.73. The molecule has 0 aliphatic heterocycles. The first-order valence-corrected chi connectivity index (χ1v) is 8.22. The summed E-state index contributed by atoms with van der Waals surface area (Å²) in [6.45, 7) is 5.20. The highest BCUT2D eigenvalue weighted by Gasteiger charge is 2.18. The minimum absolute atomic E-state index is 0.212. The molecule has 1 aromatic carbocycles. The van der Waals surface area contributed by atoms with E-state index >= 15 is 0 Å². The molecule has 0 saturated heterocycles. The lowest BCUT2D eigenvalue weighted by Crippen LogP contribution is -2.36. The molecule has 0 amide bonds. The smallest absolute Gasteiger partial charge is 0.123 e. The minimum atomic E-state index is -0.431. The Hall–Kier alpha value is -1.39. The first-order chi connectivity index (χ1) is 10.6. The van der Waals surface area contributed by atoms with Gasteiger partial charge in [0.05, 0.1) is 12.6 Å². The number of aliphatic hydroxyl groups excluding tert-OH is 1. The van der Waals surface area contributed by atoms with Crippen LogP contribution < -0.4 is 5.32 Å². The maximum Gasteiger partial charge on any atom is 0.123 e. The van der Waals surface area contributed by atoms with Crippen LogP contribution in [0.1, 0.15) is 36.9 Å². The second-order valence-corrected chi connectivity index (χ2v) is 6.53. The number of halogens is 1. The SMILES string of the molecule is Cc1c(C)n(C[C@H](O)CNC2CCCC2)c2ccc(F)cc12. The second kappa shape index (κ2) is 6.39. The summed E-state index contributed by atoms with van der Waals surface area (Å²) in [5.74, 6) is -0.212. The third-order valence-corrected chi connectivity index (χ3v) is 4.99. The molecule has 3 rings (SSSR count). The number of benzene rings is 1. The van der Waals surface area contributed by atoms with E-state index in [0.29, 0.717) is 19.1 Å². The Bertz CT molecular complexity index is 659. The van der Waals surface area contributed by atoms with Crippen LogP contribution in [0.15, 0.2) is 18.2 Å². The Kier molecular flexibility index (Phi) is 4.50. The number of aromatic nitrogens is 1. The van der Waals surface area contributed by atoms with E-state index in [1.165, 1.54) is 31.7 Å². The average molecular weight is 304 g/mol. The van der Waals surface area contributed by atoms with Crippen molar-refractivity contribution >= 4 is 10.9 Å². The number of hydrogen-bond acceptors (Lipinski definition) is 2. The van der Waals surface area contributed by atoms with E-state index in [4.69, 9.17) is 0 Å². The van der Waals surface area contributed by atoms with E-state index in [2.05, 4.69) is 9.88 Å². The molecule has 0 radical (unpaired) electrons. The van der Waals surface area contributed by atoms with Crippen LogP contribution in [0.2, 0.25) is 0 Å². The molecular weight excluding hydrogens is 279 g/mol. The summed E-state index contributed by atoms with van der Waals surface area (Å²) in [4.78, 5) is 0. The van der Waals surface area contributed by atoms with Gasteiger partial charge in [-0.2, -0.15) is 0 Å². The molecule has 2 N–H and O–H groups in total. The van der Waals surface area contributed by atoms with Gasteiger partial charge in [-0.25, -0.2) is 4.39 Å². The molecule has 4 heteroatoms. The molecule has 120 valence electrons. The van der Waals surface area contributed by atoms with Crippen molar-refractivity contribution in [3.8, 4) is 0 Å². The zero-order chi connectivity index (χ0) is 15.7. The van der Waals surface area contributed by atoms with E-state index in [1.54, 1.807) is 6.07 Å². The summed E-state index contributed by atoms with van der Waals surface area (Å²) in [6.07, 6.45) is 4.59. The Morgan fingerprint density at radius 2 is 2.05 bits per heavy atom. The van der Waals surface area contributed by atoms with Crippen molar-refractivity contribution in [2.75, 3.05) is 6.54 Å². The summed E-state index contributed by atoms with van der Waals surface area (Å²) in [5.41, 5.74) is 3.18. The van der Waals surface area contributed by atoms with Gasteiger partial charge in [0.2, 0.25) is 0 Å². The van der Waals surface area contributed by atoms with Crippen LogP contribution in [0.25, 0.3) is 10.9 Å². The molecule has 1 heterocycles. The first-order valence-electron chi connectivity index (χ1n) is 8.22. The highest BCUT2D eigenvalue weighted by Crippen LogP contribution is 2.26. The molecule has 0 spiro atoms. The van der Waals surface area contributed by atoms with Gasteiger partial charge in [0, 0.05) is 29.2 Å². The molecule has 1 fully saturated rings. The fourth-order valence-electron chi connectivity index (χ4n) is 3.57. The molecule has 1 atom stereocenters. The van der Waals surface area contributed by atoms with Gasteiger partial charge in [-0.3, -0.25) is 0 Å². The lowest BCUT2D eigenvalue weighted by molar-refractivity contribution is 0.148. The van der Waals surface area contributed by atoms with Gasteiger partial charge in [0.1, 0.15) is 5.82 Å². The van der Waals surface area contributed by atoms with Crippen molar-refractivity contribution in [3.63, 3.8) is 0 Å². The topological polar surface area (TPSA) is 37.2 Å². The van der Waals surface area contributed by atoms with Gasteiger partial charge in [-0.15, -0.1) is 0 Å². The number of nitrogens with one attached hydrogen (secondary N) is 1.